The topological polar surface area (TPSA) is 76.7 Å². The average molecular weight is 276 g/mol. The second-order valence-electron chi connectivity index (χ2n) is 2.44. The van der Waals surface area contributed by atoms with Crippen molar-refractivity contribution in [2.45, 2.75) is 13.5 Å². The van der Waals surface area contributed by atoms with Gasteiger partial charge in [-0.15, -0.1) is 10.2 Å². The van der Waals surface area contributed by atoms with Gasteiger partial charge in [-0.05, 0) is 15.9 Å². The van der Waals surface area contributed by atoms with Crippen molar-refractivity contribution in [3.8, 4) is 0 Å². The van der Waals surface area contributed by atoms with Crippen molar-refractivity contribution in [2.75, 3.05) is 5.32 Å². The highest BCUT2D eigenvalue weighted by Crippen LogP contribution is 2.20. The number of anilines is 1. The van der Waals surface area contributed by atoms with Gasteiger partial charge < -0.3 is 9.84 Å². The Morgan fingerprint density at radius 1 is 1.50 bits per heavy atom. The van der Waals surface area contributed by atoms with E-state index in [0.717, 1.165) is 9.05 Å². The Bertz CT molecular complexity index is 387. The zero-order chi connectivity index (χ0) is 9.97. The van der Waals surface area contributed by atoms with Crippen molar-refractivity contribution in [3.63, 3.8) is 0 Å². The Balaban J connectivity index is 1.94. The van der Waals surface area contributed by atoms with Crippen molar-refractivity contribution in [3.05, 3.63) is 15.6 Å². The molecule has 0 aliphatic rings. The Labute approximate surface area is 91.9 Å². The lowest BCUT2D eigenvalue weighted by Gasteiger charge is -1.94. The number of aromatic nitrogens is 4. The molecule has 0 atom stereocenters. The molecule has 6 nitrogen and oxygen atoms in total. The Morgan fingerprint density at radius 2 is 2.36 bits per heavy atom. The summed E-state index contributed by atoms with van der Waals surface area (Å²) in [7, 11) is 0. The summed E-state index contributed by atoms with van der Waals surface area (Å²) in [5.74, 6) is 1.16. The smallest absolute Gasteiger partial charge is 0.223 e. The fraction of sp³-hybridized carbons (Fsp3) is 0.333. The van der Waals surface area contributed by atoms with Gasteiger partial charge in [0, 0.05) is 6.92 Å². The average Bonchev–Trinajstić information content (AvgIpc) is 2.72. The maximum Gasteiger partial charge on any atom is 0.223 e. The molecule has 0 amide bonds. The lowest BCUT2D eigenvalue weighted by atomic mass is 10.6. The van der Waals surface area contributed by atoms with Crippen molar-refractivity contribution >= 4 is 32.4 Å². The van der Waals surface area contributed by atoms with Crippen LogP contribution in [0.25, 0.3) is 0 Å². The van der Waals surface area contributed by atoms with E-state index in [1.54, 1.807) is 6.92 Å². The predicted molar refractivity (Wildman–Crippen MR) is 54.0 cm³/mol. The number of nitrogens with one attached hydrogen (secondary N) is 1. The van der Waals surface area contributed by atoms with Crippen LogP contribution in [-0.4, -0.2) is 20.3 Å². The van der Waals surface area contributed by atoms with Crippen LogP contribution >= 0.6 is 27.3 Å². The molecule has 0 unspecified atom stereocenters. The summed E-state index contributed by atoms with van der Waals surface area (Å²) in [6, 6.07) is 0. The zero-order valence-corrected chi connectivity index (χ0v) is 9.59. The second-order valence-corrected chi connectivity index (χ2v) is 4.70. The molecule has 2 aromatic rings. The Hall–Kier alpha value is -1.02. The fourth-order valence-corrected chi connectivity index (χ4v) is 1.85. The van der Waals surface area contributed by atoms with Crippen LogP contribution in [-0.2, 0) is 6.54 Å². The summed E-state index contributed by atoms with van der Waals surface area (Å²) in [6.45, 7) is 2.23. The van der Waals surface area contributed by atoms with Crippen LogP contribution < -0.4 is 5.32 Å². The highest BCUT2D eigenvalue weighted by Gasteiger charge is 2.04. The minimum atomic E-state index is 0.485. The van der Waals surface area contributed by atoms with E-state index in [1.165, 1.54) is 11.3 Å². The lowest BCUT2D eigenvalue weighted by molar-refractivity contribution is 0.388. The third-order valence-corrected chi connectivity index (χ3v) is 2.68. The van der Waals surface area contributed by atoms with Crippen LogP contribution in [0.1, 0.15) is 11.7 Å². The number of nitrogens with zero attached hydrogens (tertiary/aromatic N) is 4. The monoisotopic (exact) mass is 275 g/mol. The molecule has 1 N–H and O–H groups in total. The lowest BCUT2D eigenvalue weighted by Crippen LogP contribution is -2.00. The molecule has 0 fully saturated rings. The number of hydrogen-bond acceptors (Lipinski definition) is 7. The van der Waals surface area contributed by atoms with Crippen molar-refractivity contribution < 1.29 is 4.52 Å². The molecule has 14 heavy (non-hydrogen) atoms. The molecule has 0 saturated carbocycles. The molecule has 8 heteroatoms. The molecule has 2 heterocycles. The summed E-state index contributed by atoms with van der Waals surface area (Å²) in [6.07, 6.45) is 0. The minimum Gasteiger partial charge on any atom is -0.353 e. The SMILES string of the molecule is Cc1nc(CNc2nnc(Br)s2)no1. The van der Waals surface area contributed by atoms with Gasteiger partial charge in [0.1, 0.15) is 0 Å². The normalized spacial score (nSPS) is 10.4. The van der Waals surface area contributed by atoms with Gasteiger partial charge in [-0.2, -0.15) is 4.98 Å². The van der Waals surface area contributed by atoms with Crippen molar-refractivity contribution in [1.29, 1.82) is 0 Å². The van der Waals surface area contributed by atoms with Crippen LogP contribution in [0.5, 0.6) is 0 Å². The number of aryl methyl sites for hydroxylation is 1. The van der Waals surface area contributed by atoms with Crippen LogP contribution in [0, 0.1) is 6.92 Å². The summed E-state index contributed by atoms with van der Waals surface area (Å²) < 4.78 is 5.56. The van der Waals surface area contributed by atoms with Crippen molar-refractivity contribution in [1.82, 2.24) is 20.3 Å². The van der Waals surface area contributed by atoms with Gasteiger partial charge in [0.2, 0.25) is 11.0 Å². The molecule has 0 saturated heterocycles. The molecular weight excluding hydrogens is 270 g/mol. The molecule has 0 aromatic carbocycles. The van der Waals surface area contributed by atoms with Crippen LogP contribution in [0.2, 0.25) is 0 Å². The second kappa shape index (κ2) is 4.01. The third-order valence-electron chi connectivity index (χ3n) is 1.37. The van der Waals surface area contributed by atoms with Gasteiger partial charge in [0.05, 0.1) is 6.54 Å². The first-order valence-electron chi connectivity index (χ1n) is 3.76. The Kier molecular flexibility index (Phi) is 2.73. The van der Waals surface area contributed by atoms with E-state index in [-0.39, 0.29) is 0 Å². The molecular formula is C6H6BrN5OS. The van der Waals surface area contributed by atoms with Gasteiger partial charge in [-0.3, -0.25) is 0 Å². The van der Waals surface area contributed by atoms with Gasteiger partial charge in [0.15, 0.2) is 9.74 Å². The third kappa shape index (κ3) is 2.26. The molecule has 2 rings (SSSR count). The van der Waals surface area contributed by atoms with Crippen LogP contribution in [0.4, 0.5) is 5.13 Å². The summed E-state index contributed by atoms with van der Waals surface area (Å²) in [4.78, 5) is 4.04. The summed E-state index contributed by atoms with van der Waals surface area (Å²) in [5.41, 5.74) is 0. The largest absolute Gasteiger partial charge is 0.353 e. The Morgan fingerprint density at radius 3 is 2.93 bits per heavy atom. The summed E-state index contributed by atoms with van der Waals surface area (Å²) >= 11 is 4.63. The quantitative estimate of drug-likeness (QED) is 0.917. The molecule has 0 spiro atoms. The van der Waals surface area contributed by atoms with Crippen LogP contribution in [0.3, 0.4) is 0 Å². The highest BCUT2D eigenvalue weighted by molar-refractivity contribution is 9.11. The van der Waals surface area contributed by atoms with E-state index in [1.807, 2.05) is 0 Å². The van der Waals surface area contributed by atoms with Gasteiger partial charge in [0.25, 0.3) is 0 Å². The van der Waals surface area contributed by atoms with E-state index < -0.39 is 0 Å². The number of hydrogen-bond donors (Lipinski definition) is 1. The van der Waals surface area contributed by atoms with Crippen molar-refractivity contribution in [2.24, 2.45) is 0 Å². The molecule has 0 radical (unpaired) electrons. The fourth-order valence-electron chi connectivity index (χ4n) is 0.845. The standard InChI is InChI=1S/C6H6BrN5OS/c1-3-9-4(12-13-3)2-8-6-11-10-5(7)14-6/h2H2,1H3,(H,8,11). The predicted octanol–water partition coefficient (Wildman–Crippen LogP) is 1.60. The van der Waals surface area contributed by atoms with Gasteiger partial charge >= 0.3 is 0 Å². The van der Waals surface area contributed by atoms with E-state index in [0.29, 0.717) is 18.3 Å². The van der Waals surface area contributed by atoms with Gasteiger partial charge in [-0.1, -0.05) is 16.5 Å². The van der Waals surface area contributed by atoms with E-state index in [9.17, 15) is 0 Å². The molecule has 0 bridgehead atoms. The highest BCUT2D eigenvalue weighted by atomic mass is 79.9. The minimum absolute atomic E-state index is 0.485. The first-order chi connectivity index (χ1) is 6.74. The first-order valence-corrected chi connectivity index (χ1v) is 5.37. The molecule has 2 aromatic heterocycles. The maximum absolute atomic E-state index is 4.82. The molecule has 74 valence electrons. The zero-order valence-electron chi connectivity index (χ0n) is 7.19. The first kappa shape index (κ1) is 9.53. The molecule has 0 aliphatic heterocycles. The van der Waals surface area contributed by atoms with Gasteiger partial charge in [-0.25, -0.2) is 0 Å². The van der Waals surface area contributed by atoms with E-state index >= 15 is 0 Å². The molecule has 0 aliphatic carbocycles. The number of rotatable bonds is 3. The maximum atomic E-state index is 4.82. The van der Waals surface area contributed by atoms with E-state index in [4.69, 9.17) is 4.52 Å². The summed E-state index contributed by atoms with van der Waals surface area (Å²) in [5, 5.41) is 15.1. The number of halogens is 1. The van der Waals surface area contributed by atoms with E-state index in [2.05, 4.69) is 41.6 Å². The van der Waals surface area contributed by atoms with Crippen LogP contribution in [0.15, 0.2) is 8.44 Å².